The second-order valence-electron chi connectivity index (χ2n) is 5.24. The van der Waals surface area contributed by atoms with Gasteiger partial charge in [-0.05, 0) is 18.6 Å². The third-order valence-corrected chi connectivity index (χ3v) is 4.15. The maximum atomic E-state index is 12.2. The van der Waals surface area contributed by atoms with Gasteiger partial charge in [-0.25, -0.2) is 9.67 Å². The Bertz CT molecular complexity index is 841. The summed E-state index contributed by atoms with van der Waals surface area (Å²) in [4.78, 5) is 16.5. The average molecular weight is 269 g/mol. The third-order valence-electron chi connectivity index (χ3n) is 4.15. The normalized spacial score (nSPS) is 17.8. The molecular formula is C14H15N5O. The van der Waals surface area contributed by atoms with Crippen LogP contribution in [0.3, 0.4) is 0 Å². The highest BCUT2D eigenvalue weighted by molar-refractivity contribution is 5.78. The number of aromatic nitrogens is 5. The number of hydrogen-bond donors (Lipinski definition) is 0. The predicted molar refractivity (Wildman–Crippen MR) is 74.6 cm³/mol. The molecule has 0 N–H and O–H groups in total. The molecule has 1 aromatic carbocycles. The molecule has 1 aliphatic heterocycles. The minimum absolute atomic E-state index is 0.0532. The van der Waals surface area contributed by atoms with E-state index in [9.17, 15) is 4.79 Å². The number of hydrogen-bond acceptors (Lipinski definition) is 3. The third kappa shape index (κ3) is 1.47. The van der Waals surface area contributed by atoms with Crippen LogP contribution in [0.5, 0.6) is 0 Å². The van der Waals surface area contributed by atoms with Gasteiger partial charge in [0.1, 0.15) is 12.2 Å². The number of rotatable bonds is 2. The van der Waals surface area contributed by atoms with Crippen molar-refractivity contribution in [2.24, 2.45) is 7.05 Å². The molecule has 2 aromatic heterocycles. The largest absolute Gasteiger partial charge is 0.280 e. The van der Waals surface area contributed by atoms with Crippen molar-refractivity contribution in [3.05, 3.63) is 46.8 Å². The van der Waals surface area contributed by atoms with Crippen molar-refractivity contribution in [1.29, 1.82) is 0 Å². The molecule has 0 amide bonds. The molecule has 20 heavy (non-hydrogen) atoms. The SMILES string of the molecule is Cn1c(=O)c2ccccc2n1CC1CCc2ncnn21. The molecule has 0 spiro atoms. The van der Waals surface area contributed by atoms with E-state index < -0.39 is 0 Å². The molecule has 1 unspecified atom stereocenters. The highest BCUT2D eigenvalue weighted by atomic mass is 16.1. The van der Waals surface area contributed by atoms with Crippen molar-refractivity contribution in [3.8, 4) is 0 Å². The van der Waals surface area contributed by atoms with Gasteiger partial charge in [0.15, 0.2) is 0 Å². The molecule has 0 bridgehead atoms. The first kappa shape index (κ1) is 11.5. The molecule has 0 saturated heterocycles. The van der Waals surface area contributed by atoms with Crippen molar-refractivity contribution < 1.29 is 0 Å². The summed E-state index contributed by atoms with van der Waals surface area (Å²) in [6.07, 6.45) is 3.59. The molecule has 0 saturated carbocycles. The molecule has 3 heterocycles. The van der Waals surface area contributed by atoms with E-state index in [2.05, 4.69) is 10.1 Å². The van der Waals surface area contributed by atoms with E-state index in [1.54, 1.807) is 11.0 Å². The Balaban J connectivity index is 1.81. The van der Waals surface area contributed by atoms with Gasteiger partial charge in [-0.15, -0.1) is 0 Å². The van der Waals surface area contributed by atoms with Crippen LogP contribution in [0.25, 0.3) is 10.9 Å². The first-order chi connectivity index (χ1) is 9.75. The zero-order chi connectivity index (χ0) is 13.7. The van der Waals surface area contributed by atoms with Crippen LogP contribution >= 0.6 is 0 Å². The molecule has 3 aromatic rings. The molecule has 0 radical (unpaired) electrons. The minimum atomic E-state index is 0.0532. The first-order valence-corrected chi connectivity index (χ1v) is 6.78. The summed E-state index contributed by atoms with van der Waals surface area (Å²) < 4.78 is 5.72. The van der Waals surface area contributed by atoms with Crippen LogP contribution in [0.1, 0.15) is 18.3 Å². The van der Waals surface area contributed by atoms with Crippen LogP contribution in [-0.2, 0) is 20.0 Å². The van der Waals surface area contributed by atoms with Gasteiger partial charge in [-0.2, -0.15) is 5.10 Å². The Labute approximate surface area is 115 Å². The Kier molecular flexibility index (Phi) is 2.33. The Morgan fingerprint density at radius 1 is 1.35 bits per heavy atom. The Hall–Kier alpha value is -2.37. The van der Waals surface area contributed by atoms with Crippen LogP contribution in [-0.4, -0.2) is 24.1 Å². The summed E-state index contributed by atoms with van der Waals surface area (Å²) >= 11 is 0. The molecular weight excluding hydrogens is 254 g/mol. The summed E-state index contributed by atoms with van der Waals surface area (Å²) in [6, 6.07) is 8.01. The fraction of sp³-hybridized carbons (Fsp3) is 0.357. The topological polar surface area (TPSA) is 57.6 Å². The number of nitrogens with zero attached hydrogens (tertiary/aromatic N) is 5. The number of para-hydroxylation sites is 1. The second-order valence-corrected chi connectivity index (χ2v) is 5.24. The molecule has 102 valence electrons. The summed E-state index contributed by atoms with van der Waals surface area (Å²) in [7, 11) is 1.82. The second kappa shape index (κ2) is 4.06. The highest BCUT2D eigenvalue weighted by Gasteiger charge is 2.25. The predicted octanol–water partition coefficient (Wildman–Crippen LogP) is 1.12. The molecule has 1 atom stereocenters. The number of aryl methyl sites for hydroxylation is 1. The van der Waals surface area contributed by atoms with Crippen molar-refractivity contribution in [1.82, 2.24) is 24.1 Å². The van der Waals surface area contributed by atoms with Gasteiger partial charge in [-0.1, -0.05) is 12.1 Å². The summed E-state index contributed by atoms with van der Waals surface area (Å²) in [5.74, 6) is 1.04. The van der Waals surface area contributed by atoms with Crippen molar-refractivity contribution in [3.63, 3.8) is 0 Å². The van der Waals surface area contributed by atoms with Gasteiger partial charge in [-0.3, -0.25) is 14.2 Å². The van der Waals surface area contributed by atoms with Gasteiger partial charge in [0.05, 0.1) is 23.5 Å². The molecule has 0 aliphatic carbocycles. The quantitative estimate of drug-likeness (QED) is 0.700. The lowest BCUT2D eigenvalue weighted by Crippen LogP contribution is -2.23. The van der Waals surface area contributed by atoms with Crippen molar-refractivity contribution in [2.75, 3.05) is 0 Å². The monoisotopic (exact) mass is 269 g/mol. The highest BCUT2D eigenvalue weighted by Crippen LogP contribution is 2.25. The van der Waals surface area contributed by atoms with Gasteiger partial charge >= 0.3 is 0 Å². The lowest BCUT2D eigenvalue weighted by molar-refractivity contribution is 0.370. The zero-order valence-electron chi connectivity index (χ0n) is 11.2. The van der Waals surface area contributed by atoms with Gasteiger partial charge in [0, 0.05) is 13.5 Å². The van der Waals surface area contributed by atoms with Crippen LogP contribution in [0.2, 0.25) is 0 Å². The smallest absolute Gasteiger partial charge is 0.274 e. The average Bonchev–Trinajstić information content (AvgIpc) is 3.12. The van der Waals surface area contributed by atoms with E-state index in [1.807, 2.05) is 40.7 Å². The van der Waals surface area contributed by atoms with Crippen LogP contribution in [0.4, 0.5) is 0 Å². The number of fused-ring (bicyclic) bond motifs is 2. The zero-order valence-corrected chi connectivity index (χ0v) is 11.2. The van der Waals surface area contributed by atoms with E-state index in [-0.39, 0.29) is 11.6 Å². The van der Waals surface area contributed by atoms with E-state index in [4.69, 9.17) is 0 Å². The maximum Gasteiger partial charge on any atom is 0.274 e. The van der Waals surface area contributed by atoms with Gasteiger partial charge in [0.2, 0.25) is 0 Å². The van der Waals surface area contributed by atoms with E-state index in [0.29, 0.717) is 0 Å². The lowest BCUT2D eigenvalue weighted by Gasteiger charge is -2.15. The maximum absolute atomic E-state index is 12.2. The van der Waals surface area contributed by atoms with E-state index in [0.717, 1.165) is 36.1 Å². The van der Waals surface area contributed by atoms with Crippen LogP contribution in [0.15, 0.2) is 35.4 Å². The minimum Gasteiger partial charge on any atom is -0.280 e. The van der Waals surface area contributed by atoms with Gasteiger partial charge < -0.3 is 0 Å². The number of benzene rings is 1. The fourth-order valence-electron chi connectivity index (χ4n) is 3.09. The van der Waals surface area contributed by atoms with E-state index >= 15 is 0 Å². The fourth-order valence-corrected chi connectivity index (χ4v) is 3.09. The first-order valence-electron chi connectivity index (χ1n) is 6.78. The summed E-state index contributed by atoms with van der Waals surface area (Å²) in [5.41, 5.74) is 1.03. The molecule has 4 rings (SSSR count). The van der Waals surface area contributed by atoms with Crippen LogP contribution < -0.4 is 5.56 Å². The Morgan fingerprint density at radius 2 is 2.20 bits per heavy atom. The van der Waals surface area contributed by atoms with Gasteiger partial charge in [0.25, 0.3) is 5.56 Å². The molecule has 6 heteroatoms. The van der Waals surface area contributed by atoms with E-state index in [1.165, 1.54) is 0 Å². The van der Waals surface area contributed by atoms with Crippen molar-refractivity contribution in [2.45, 2.75) is 25.4 Å². The molecule has 6 nitrogen and oxygen atoms in total. The van der Waals surface area contributed by atoms with Crippen molar-refractivity contribution >= 4 is 10.9 Å². The molecule has 0 fully saturated rings. The standard InChI is InChI=1S/C14H15N5O/c1-17-14(20)11-4-2-3-5-12(11)18(17)8-10-6-7-13-15-9-16-19(10)13/h2-5,9-10H,6-8H2,1H3. The van der Waals surface area contributed by atoms with Crippen LogP contribution in [0, 0.1) is 0 Å². The lowest BCUT2D eigenvalue weighted by atomic mass is 10.2. The summed E-state index contributed by atoms with van der Waals surface area (Å²) in [6.45, 7) is 0.746. The summed E-state index contributed by atoms with van der Waals surface area (Å²) in [5, 5.41) is 5.07. The Morgan fingerprint density at radius 3 is 3.10 bits per heavy atom. The molecule has 1 aliphatic rings.